The van der Waals surface area contributed by atoms with Gasteiger partial charge in [0, 0.05) is 11.1 Å². The molecule has 4 nitrogen and oxygen atoms in total. The van der Waals surface area contributed by atoms with Crippen LogP contribution >= 0.6 is 0 Å². The minimum atomic E-state index is -0.617. The van der Waals surface area contributed by atoms with Gasteiger partial charge in [-0.05, 0) is 80.4 Å². The van der Waals surface area contributed by atoms with E-state index in [-0.39, 0.29) is 23.1 Å². The quantitative estimate of drug-likeness (QED) is 0.817. The molecule has 1 aromatic carbocycles. The van der Waals surface area contributed by atoms with Crippen molar-refractivity contribution in [2.75, 3.05) is 5.32 Å². The highest BCUT2D eigenvalue weighted by Gasteiger charge is 2.55. The molecular weight excluding hydrogens is 343 g/mol. The fraction of sp³-hybridized carbons (Fsp3) is 0.636. The molecule has 0 aromatic heterocycles. The summed E-state index contributed by atoms with van der Waals surface area (Å²) in [6.07, 6.45) is 6.75. The minimum absolute atomic E-state index is 0.0450. The Kier molecular flexibility index (Phi) is 4.73. The number of rotatable bonds is 5. The number of hydrogen-bond acceptors (Lipinski definition) is 2. The molecule has 4 bridgehead atoms. The van der Waals surface area contributed by atoms with Crippen LogP contribution in [0, 0.1) is 34.9 Å². The van der Waals surface area contributed by atoms with Gasteiger partial charge in [0.2, 0.25) is 11.8 Å². The van der Waals surface area contributed by atoms with E-state index >= 15 is 0 Å². The third-order valence-corrected chi connectivity index (χ3v) is 6.85. The van der Waals surface area contributed by atoms with Gasteiger partial charge in [0.1, 0.15) is 11.9 Å². The molecule has 0 heterocycles. The third kappa shape index (κ3) is 3.61. The summed E-state index contributed by atoms with van der Waals surface area (Å²) < 4.78 is 13.4. The molecule has 0 spiro atoms. The van der Waals surface area contributed by atoms with Crippen molar-refractivity contribution in [1.29, 1.82) is 0 Å². The Balaban J connectivity index is 1.46. The van der Waals surface area contributed by atoms with E-state index in [9.17, 15) is 14.0 Å². The lowest BCUT2D eigenvalue weighted by Crippen LogP contribution is -2.57. The topological polar surface area (TPSA) is 58.2 Å². The maximum atomic E-state index is 13.4. The van der Waals surface area contributed by atoms with Crippen LogP contribution in [0.5, 0.6) is 0 Å². The number of nitrogens with one attached hydrogen (secondary N) is 2. The summed E-state index contributed by atoms with van der Waals surface area (Å²) in [5, 5.41) is 5.81. The number of carbonyl (C=O) groups is 2. The van der Waals surface area contributed by atoms with Crippen LogP contribution in [0.25, 0.3) is 0 Å². The first-order valence-electron chi connectivity index (χ1n) is 10.2. The van der Waals surface area contributed by atoms with Crippen LogP contribution in [0.4, 0.5) is 10.1 Å². The van der Waals surface area contributed by atoms with Crippen LogP contribution in [0.2, 0.25) is 0 Å². The highest BCUT2D eigenvalue weighted by molar-refractivity contribution is 5.98. The lowest BCUT2D eigenvalue weighted by Gasteiger charge is -2.55. The molecule has 4 saturated carbocycles. The predicted molar refractivity (Wildman–Crippen MR) is 102 cm³/mol. The fourth-order valence-electron chi connectivity index (χ4n) is 6.00. The molecule has 4 fully saturated rings. The van der Waals surface area contributed by atoms with Crippen molar-refractivity contribution in [2.45, 2.75) is 58.4 Å². The molecule has 2 N–H and O–H groups in total. The van der Waals surface area contributed by atoms with Crippen molar-refractivity contribution >= 4 is 17.5 Å². The largest absolute Gasteiger partial charge is 0.344 e. The van der Waals surface area contributed by atoms with Crippen LogP contribution in [-0.4, -0.2) is 17.9 Å². The first-order chi connectivity index (χ1) is 12.8. The molecule has 0 radical (unpaired) electrons. The van der Waals surface area contributed by atoms with Crippen molar-refractivity contribution in [3.05, 3.63) is 30.1 Å². The van der Waals surface area contributed by atoms with Gasteiger partial charge in [-0.3, -0.25) is 9.59 Å². The van der Waals surface area contributed by atoms with Gasteiger partial charge < -0.3 is 10.6 Å². The third-order valence-electron chi connectivity index (χ3n) is 6.85. The Morgan fingerprint density at radius 3 is 2.19 bits per heavy atom. The SMILES string of the molecule is CC(C)C(NC(=O)C12CC3CC(CC(C3)C1)C2)C(=O)Nc1cccc(F)c1. The first kappa shape index (κ1) is 18.5. The van der Waals surface area contributed by atoms with Crippen LogP contribution in [0.15, 0.2) is 24.3 Å². The van der Waals surface area contributed by atoms with E-state index in [4.69, 9.17) is 0 Å². The molecule has 1 unspecified atom stereocenters. The number of amides is 2. The average Bonchev–Trinajstić information content (AvgIpc) is 2.57. The van der Waals surface area contributed by atoms with Crippen LogP contribution < -0.4 is 10.6 Å². The second-order valence-electron chi connectivity index (χ2n) is 9.39. The van der Waals surface area contributed by atoms with E-state index in [0.29, 0.717) is 23.4 Å². The minimum Gasteiger partial charge on any atom is -0.344 e. The van der Waals surface area contributed by atoms with Crippen molar-refractivity contribution in [3.8, 4) is 0 Å². The summed E-state index contributed by atoms with van der Waals surface area (Å²) in [4.78, 5) is 26.1. The van der Waals surface area contributed by atoms with Crippen LogP contribution in [0.3, 0.4) is 0 Å². The van der Waals surface area contributed by atoms with E-state index in [1.165, 1.54) is 31.4 Å². The van der Waals surface area contributed by atoms with Crippen LogP contribution in [0.1, 0.15) is 52.4 Å². The number of halogens is 1. The molecule has 1 atom stereocenters. The van der Waals surface area contributed by atoms with E-state index in [1.54, 1.807) is 12.1 Å². The van der Waals surface area contributed by atoms with Crippen molar-refractivity contribution in [2.24, 2.45) is 29.1 Å². The zero-order valence-electron chi connectivity index (χ0n) is 16.1. The standard InChI is InChI=1S/C22H29FN2O2/c1-13(2)19(20(26)24-18-5-3-4-17(23)9-18)25-21(27)22-10-14-6-15(11-22)8-16(7-14)12-22/h3-5,9,13-16,19H,6-8,10-12H2,1-2H3,(H,24,26)(H,25,27). The summed E-state index contributed by atoms with van der Waals surface area (Å²) >= 11 is 0. The Labute approximate surface area is 160 Å². The number of anilines is 1. The first-order valence-corrected chi connectivity index (χ1v) is 10.2. The normalized spacial score (nSPS) is 32.4. The molecule has 5 heteroatoms. The highest BCUT2D eigenvalue weighted by atomic mass is 19.1. The lowest BCUT2D eigenvalue weighted by molar-refractivity contribution is -0.148. The fourth-order valence-corrected chi connectivity index (χ4v) is 6.00. The summed E-state index contributed by atoms with van der Waals surface area (Å²) in [5.74, 6) is 1.37. The molecule has 146 valence electrons. The molecule has 4 aliphatic carbocycles. The van der Waals surface area contributed by atoms with Gasteiger partial charge in [-0.1, -0.05) is 19.9 Å². The molecular formula is C22H29FN2O2. The monoisotopic (exact) mass is 372 g/mol. The average molecular weight is 372 g/mol. The highest BCUT2D eigenvalue weighted by Crippen LogP contribution is 2.60. The van der Waals surface area contributed by atoms with Gasteiger partial charge >= 0.3 is 0 Å². The number of benzene rings is 1. The Morgan fingerprint density at radius 1 is 1.07 bits per heavy atom. The Morgan fingerprint density at radius 2 is 1.67 bits per heavy atom. The summed E-state index contributed by atoms with van der Waals surface area (Å²) in [5.41, 5.74) is 0.135. The smallest absolute Gasteiger partial charge is 0.247 e. The van der Waals surface area contributed by atoms with E-state index in [2.05, 4.69) is 10.6 Å². The van der Waals surface area contributed by atoms with Gasteiger partial charge in [-0.2, -0.15) is 0 Å². The van der Waals surface area contributed by atoms with Gasteiger partial charge in [-0.25, -0.2) is 4.39 Å². The van der Waals surface area contributed by atoms with Gasteiger partial charge in [0.05, 0.1) is 0 Å². The Bertz CT molecular complexity index is 710. The number of carbonyl (C=O) groups excluding carboxylic acids is 2. The van der Waals surface area contributed by atoms with E-state index in [1.807, 2.05) is 13.8 Å². The van der Waals surface area contributed by atoms with Gasteiger partial charge in [0.25, 0.3) is 0 Å². The summed E-state index contributed by atoms with van der Waals surface area (Å²) in [7, 11) is 0. The maximum Gasteiger partial charge on any atom is 0.247 e. The lowest BCUT2D eigenvalue weighted by atomic mass is 9.49. The van der Waals surface area contributed by atoms with Crippen molar-refractivity contribution in [1.82, 2.24) is 5.32 Å². The predicted octanol–water partition coefficient (Wildman–Crippen LogP) is 4.12. The van der Waals surface area contributed by atoms with Gasteiger partial charge in [-0.15, -0.1) is 0 Å². The Hall–Kier alpha value is -1.91. The van der Waals surface area contributed by atoms with Crippen molar-refractivity contribution in [3.63, 3.8) is 0 Å². The van der Waals surface area contributed by atoms with E-state index < -0.39 is 11.9 Å². The molecule has 1 aromatic rings. The zero-order valence-corrected chi connectivity index (χ0v) is 16.1. The summed E-state index contributed by atoms with van der Waals surface area (Å²) in [6, 6.07) is 5.22. The summed E-state index contributed by atoms with van der Waals surface area (Å²) in [6.45, 7) is 3.85. The van der Waals surface area contributed by atoms with E-state index in [0.717, 1.165) is 19.3 Å². The van der Waals surface area contributed by atoms with Crippen molar-refractivity contribution < 1.29 is 14.0 Å². The zero-order chi connectivity index (χ0) is 19.2. The molecule has 4 aliphatic rings. The van der Waals surface area contributed by atoms with Gasteiger partial charge in [0.15, 0.2) is 0 Å². The second-order valence-corrected chi connectivity index (χ2v) is 9.39. The molecule has 0 aliphatic heterocycles. The molecule has 0 saturated heterocycles. The van der Waals surface area contributed by atoms with Crippen LogP contribution in [-0.2, 0) is 9.59 Å². The maximum absolute atomic E-state index is 13.4. The molecule has 2 amide bonds. The number of hydrogen-bond donors (Lipinski definition) is 2. The molecule has 27 heavy (non-hydrogen) atoms. The second kappa shape index (κ2) is 6.92. The molecule has 5 rings (SSSR count).